The van der Waals surface area contributed by atoms with E-state index in [2.05, 4.69) is 27.5 Å². The smallest absolute Gasteiger partial charge is 0.0966 e. The van der Waals surface area contributed by atoms with Gasteiger partial charge in [-0.25, -0.2) is 0 Å². The van der Waals surface area contributed by atoms with E-state index >= 15 is 0 Å². The Balaban J connectivity index is 2.05. The molecule has 0 spiro atoms. The molecule has 0 saturated carbocycles. The Kier molecular flexibility index (Phi) is 2.60. The zero-order valence-electron chi connectivity index (χ0n) is 6.86. The Labute approximate surface area is 85.9 Å². The molecule has 0 aromatic heterocycles. The van der Waals surface area contributed by atoms with Gasteiger partial charge in [-0.15, -0.1) is 0 Å². The van der Waals surface area contributed by atoms with E-state index in [1.165, 1.54) is 6.42 Å². The number of hydrogen-bond acceptors (Lipinski definition) is 3. The lowest BCUT2D eigenvalue weighted by molar-refractivity contribution is 0.0329. The Morgan fingerprint density at radius 3 is 2.83 bits per heavy atom. The molecule has 0 amide bonds. The molecule has 70 valence electrons. The van der Waals surface area contributed by atoms with Crippen molar-refractivity contribution in [1.29, 1.82) is 0 Å². The van der Waals surface area contributed by atoms with Gasteiger partial charge in [0.05, 0.1) is 12.2 Å². The van der Waals surface area contributed by atoms with Crippen molar-refractivity contribution >= 4 is 22.6 Å². The summed E-state index contributed by atoms with van der Waals surface area (Å²) in [6, 6.07) is 0.218. The van der Waals surface area contributed by atoms with Crippen LogP contribution in [0.15, 0.2) is 0 Å². The van der Waals surface area contributed by atoms with E-state index in [-0.39, 0.29) is 6.04 Å². The molecule has 2 rings (SSSR count). The lowest BCUT2D eigenvalue weighted by Crippen LogP contribution is -2.42. The molecule has 0 unspecified atom stereocenters. The predicted octanol–water partition coefficient (Wildman–Crippen LogP) is -0.0102. The Morgan fingerprint density at radius 2 is 2.08 bits per heavy atom. The topological polar surface area (TPSA) is 43.7 Å². The molecule has 0 aromatic rings. The fourth-order valence-corrected chi connectivity index (χ4v) is 2.99. The van der Waals surface area contributed by atoms with Crippen molar-refractivity contribution in [2.75, 3.05) is 13.1 Å². The molecule has 0 aliphatic carbocycles. The summed E-state index contributed by atoms with van der Waals surface area (Å²) in [6.45, 7) is 1.70. The summed E-state index contributed by atoms with van der Waals surface area (Å²) in [5.74, 6) is 0. The van der Waals surface area contributed by atoms with Crippen molar-refractivity contribution < 1.29 is 10.2 Å². The molecule has 0 bridgehead atoms. The second-order valence-electron chi connectivity index (χ2n) is 3.74. The maximum absolute atomic E-state index is 9.62. The van der Waals surface area contributed by atoms with Gasteiger partial charge in [-0.3, -0.25) is 4.90 Å². The van der Waals surface area contributed by atoms with Crippen molar-refractivity contribution in [3.8, 4) is 0 Å². The largest absolute Gasteiger partial charge is 0.389 e. The van der Waals surface area contributed by atoms with Crippen LogP contribution < -0.4 is 0 Å². The van der Waals surface area contributed by atoms with Gasteiger partial charge in [-0.2, -0.15) is 0 Å². The number of piperidine rings is 1. The summed E-state index contributed by atoms with van der Waals surface area (Å²) >= 11 is 2.43. The molecule has 0 aromatic carbocycles. The van der Waals surface area contributed by atoms with Crippen molar-refractivity contribution in [3.05, 3.63) is 0 Å². The van der Waals surface area contributed by atoms with Crippen molar-refractivity contribution in [1.82, 2.24) is 4.90 Å². The number of nitrogens with zero attached hydrogens (tertiary/aromatic N) is 1. The van der Waals surface area contributed by atoms with Crippen LogP contribution in [-0.4, -0.2) is 50.4 Å². The van der Waals surface area contributed by atoms with E-state index in [4.69, 9.17) is 0 Å². The van der Waals surface area contributed by atoms with E-state index in [0.29, 0.717) is 10.5 Å². The minimum atomic E-state index is -0.517. The highest BCUT2D eigenvalue weighted by Crippen LogP contribution is 2.30. The summed E-state index contributed by atoms with van der Waals surface area (Å²) in [5.41, 5.74) is 0. The normalized spacial score (nSPS) is 49.2. The van der Waals surface area contributed by atoms with Crippen molar-refractivity contribution in [2.45, 2.75) is 35.0 Å². The van der Waals surface area contributed by atoms with Gasteiger partial charge in [-0.05, 0) is 19.4 Å². The second-order valence-corrected chi connectivity index (χ2v) is 5.50. The zero-order chi connectivity index (χ0) is 8.72. The molecular weight excluding hydrogens is 269 g/mol. The Morgan fingerprint density at radius 1 is 1.33 bits per heavy atom. The molecule has 2 N–H and O–H groups in total. The van der Waals surface area contributed by atoms with Crippen LogP contribution in [0.4, 0.5) is 0 Å². The molecule has 3 nitrogen and oxygen atoms in total. The predicted molar refractivity (Wildman–Crippen MR) is 54.4 cm³/mol. The summed E-state index contributed by atoms with van der Waals surface area (Å²) in [7, 11) is 0. The molecule has 2 saturated heterocycles. The van der Waals surface area contributed by atoms with Crippen LogP contribution in [0.5, 0.6) is 0 Å². The third kappa shape index (κ3) is 1.49. The van der Waals surface area contributed by atoms with Crippen molar-refractivity contribution in [3.63, 3.8) is 0 Å². The first-order valence-corrected chi connectivity index (χ1v) is 5.67. The minimum absolute atomic E-state index is 0.218. The van der Waals surface area contributed by atoms with Crippen LogP contribution in [0.1, 0.15) is 12.8 Å². The number of hydrogen-bond donors (Lipinski definition) is 2. The fourth-order valence-electron chi connectivity index (χ4n) is 2.19. The van der Waals surface area contributed by atoms with Gasteiger partial charge in [-0.1, -0.05) is 22.6 Å². The summed E-state index contributed by atoms with van der Waals surface area (Å²) < 4.78 is 0.670. The molecular formula is C8H14INO2. The van der Waals surface area contributed by atoms with E-state index in [1.54, 1.807) is 0 Å². The van der Waals surface area contributed by atoms with E-state index < -0.39 is 12.2 Å². The van der Waals surface area contributed by atoms with Gasteiger partial charge in [0.1, 0.15) is 0 Å². The number of aliphatic hydroxyl groups excluding tert-OH is 2. The first-order valence-electron chi connectivity index (χ1n) is 4.42. The number of halogens is 1. The maximum Gasteiger partial charge on any atom is 0.0966 e. The molecule has 12 heavy (non-hydrogen) atoms. The SMILES string of the molecule is O[C@H]1[C@H](O)CN2CC[C@H](I)C[C@H]12. The third-order valence-corrected chi connectivity index (χ3v) is 4.04. The van der Waals surface area contributed by atoms with E-state index in [1.807, 2.05) is 0 Å². The number of aliphatic hydroxyl groups is 2. The van der Waals surface area contributed by atoms with Crippen LogP contribution in [0.25, 0.3) is 0 Å². The third-order valence-electron chi connectivity index (χ3n) is 2.91. The fraction of sp³-hybridized carbons (Fsp3) is 1.00. The Hall–Kier alpha value is 0.610. The number of fused-ring (bicyclic) bond motifs is 1. The van der Waals surface area contributed by atoms with Gasteiger partial charge in [0.15, 0.2) is 0 Å². The monoisotopic (exact) mass is 283 g/mol. The molecule has 2 aliphatic heterocycles. The summed E-state index contributed by atoms with van der Waals surface area (Å²) in [6.07, 6.45) is 1.19. The van der Waals surface area contributed by atoms with Gasteiger partial charge in [0, 0.05) is 16.5 Å². The van der Waals surface area contributed by atoms with Crippen LogP contribution >= 0.6 is 22.6 Å². The van der Waals surface area contributed by atoms with Crippen LogP contribution in [0, 0.1) is 0 Å². The average molecular weight is 283 g/mol. The summed E-state index contributed by atoms with van der Waals surface area (Å²) in [4.78, 5) is 2.21. The highest BCUT2D eigenvalue weighted by molar-refractivity contribution is 14.1. The first kappa shape index (κ1) is 9.18. The zero-order valence-corrected chi connectivity index (χ0v) is 9.01. The van der Waals surface area contributed by atoms with Crippen LogP contribution in [-0.2, 0) is 0 Å². The molecule has 4 atom stereocenters. The molecule has 4 heteroatoms. The number of alkyl halides is 1. The van der Waals surface area contributed by atoms with Gasteiger partial charge in [0.25, 0.3) is 0 Å². The second kappa shape index (κ2) is 3.40. The Bertz CT molecular complexity index is 178. The maximum atomic E-state index is 9.62. The highest BCUT2D eigenvalue weighted by atomic mass is 127. The van der Waals surface area contributed by atoms with Gasteiger partial charge in [0.2, 0.25) is 0 Å². The van der Waals surface area contributed by atoms with Gasteiger partial charge >= 0.3 is 0 Å². The lowest BCUT2D eigenvalue weighted by Gasteiger charge is -2.33. The van der Waals surface area contributed by atoms with E-state index in [0.717, 1.165) is 13.0 Å². The highest BCUT2D eigenvalue weighted by Gasteiger charge is 2.42. The molecule has 2 fully saturated rings. The standard InChI is InChI=1S/C8H14INO2/c9-5-1-2-10-4-7(11)8(12)6(10)3-5/h5-8,11-12H,1-4H2/t5-,6+,7+,8+/m0/s1. The summed E-state index contributed by atoms with van der Waals surface area (Å²) in [5, 5.41) is 19.0. The molecule has 2 aliphatic rings. The first-order chi connectivity index (χ1) is 5.68. The quantitative estimate of drug-likeness (QED) is 0.485. The van der Waals surface area contributed by atoms with Gasteiger partial charge < -0.3 is 10.2 Å². The van der Waals surface area contributed by atoms with Crippen molar-refractivity contribution in [2.24, 2.45) is 0 Å². The molecule has 2 heterocycles. The molecule has 0 radical (unpaired) electrons. The average Bonchev–Trinajstić information content (AvgIpc) is 2.31. The van der Waals surface area contributed by atoms with Crippen LogP contribution in [0.2, 0.25) is 0 Å². The number of rotatable bonds is 0. The minimum Gasteiger partial charge on any atom is -0.389 e. The van der Waals surface area contributed by atoms with Crippen LogP contribution in [0.3, 0.4) is 0 Å². The lowest BCUT2D eigenvalue weighted by atomic mass is 10.0. The van der Waals surface area contributed by atoms with E-state index in [9.17, 15) is 10.2 Å².